The van der Waals surface area contributed by atoms with E-state index in [4.69, 9.17) is 22.4 Å². The Kier molecular flexibility index (Phi) is 5.27. The maximum absolute atomic E-state index is 13.1. The molecule has 1 atom stereocenters. The van der Waals surface area contributed by atoms with E-state index in [1.54, 1.807) is 0 Å². The Bertz CT molecular complexity index is 552. The molecule has 3 amide bonds. The quantitative estimate of drug-likeness (QED) is 0.646. The average Bonchev–Trinajstić information content (AvgIpc) is 2.32. The maximum atomic E-state index is 13.1. The van der Waals surface area contributed by atoms with Crippen molar-refractivity contribution in [1.82, 2.24) is 5.32 Å². The van der Waals surface area contributed by atoms with Crippen LogP contribution in [0.3, 0.4) is 0 Å². The third kappa shape index (κ3) is 4.73. The van der Waals surface area contributed by atoms with E-state index in [2.05, 4.69) is 5.32 Å². The zero-order valence-electron chi connectivity index (χ0n) is 10.0. The molecule has 0 aliphatic rings. The highest BCUT2D eigenvalue weighted by molar-refractivity contribution is 6.30. The second-order valence-corrected chi connectivity index (χ2v) is 4.20. The molecule has 0 bridgehead atoms. The summed E-state index contributed by atoms with van der Waals surface area (Å²) in [6, 6.07) is 1.13. The number of nitrogens with one attached hydrogen (secondary N) is 2. The summed E-state index contributed by atoms with van der Waals surface area (Å²) in [5.41, 5.74) is 4.93. The molecule has 5 N–H and O–H groups in total. The highest BCUT2D eigenvalue weighted by Gasteiger charge is 2.22. The largest absolute Gasteiger partial charge is 0.480 e. The Labute approximate surface area is 117 Å². The summed E-state index contributed by atoms with van der Waals surface area (Å²) >= 11 is 5.47. The summed E-state index contributed by atoms with van der Waals surface area (Å²) in [6.07, 6.45) is -0.558. The monoisotopic (exact) mass is 303 g/mol. The summed E-state index contributed by atoms with van der Waals surface area (Å²) in [5.74, 6) is -3.03. The van der Waals surface area contributed by atoms with Gasteiger partial charge in [0.25, 0.3) is 0 Å². The molecule has 0 radical (unpaired) electrons. The molecule has 1 aromatic carbocycles. The highest BCUT2D eigenvalue weighted by atomic mass is 35.5. The summed E-state index contributed by atoms with van der Waals surface area (Å²) in [7, 11) is 0. The van der Waals surface area contributed by atoms with Gasteiger partial charge in [0.15, 0.2) is 0 Å². The predicted octanol–water partition coefficient (Wildman–Crippen LogP) is 0.929. The number of carboxylic acids is 1. The van der Waals surface area contributed by atoms with E-state index >= 15 is 0 Å². The van der Waals surface area contributed by atoms with Crippen LogP contribution in [0, 0.1) is 5.82 Å². The zero-order chi connectivity index (χ0) is 15.3. The van der Waals surface area contributed by atoms with E-state index in [0.717, 1.165) is 6.07 Å². The Balaban J connectivity index is 2.67. The van der Waals surface area contributed by atoms with Crippen LogP contribution in [-0.2, 0) is 9.59 Å². The van der Waals surface area contributed by atoms with Crippen LogP contribution in [0.1, 0.15) is 6.42 Å². The van der Waals surface area contributed by atoms with Gasteiger partial charge in [0.05, 0.1) is 11.4 Å². The van der Waals surface area contributed by atoms with Gasteiger partial charge in [0.2, 0.25) is 5.91 Å². The average molecular weight is 304 g/mol. The number of amides is 3. The van der Waals surface area contributed by atoms with Gasteiger partial charge in [-0.3, -0.25) is 4.79 Å². The molecule has 9 heteroatoms. The number of rotatable bonds is 5. The lowest BCUT2D eigenvalue weighted by Crippen LogP contribution is -2.45. The van der Waals surface area contributed by atoms with Crippen LogP contribution < -0.4 is 16.4 Å². The van der Waals surface area contributed by atoms with Crippen molar-refractivity contribution in [2.45, 2.75) is 12.5 Å². The number of hydrogen-bond donors (Lipinski definition) is 4. The normalized spacial score (nSPS) is 11.5. The Morgan fingerprint density at radius 1 is 1.40 bits per heavy atom. The van der Waals surface area contributed by atoms with Crippen LogP contribution in [0.25, 0.3) is 0 Å². The van der Waals surface area contributed by atoms with Crippen molar-refractivity contribution in [2.75, 3.05) is 5.32 Å². The van der Waals surface area contributed by atoms with E-state index in [1.165, 1.54) is 12.1 Å². The van der Waals surface area contributed by atoms with E-state index < -0.39 is 36.2 Å². The molecule has 20 heavy (non-hydrogen) atoms. The number of anilines is 1. The van der Waals surface area contributed by atoms with Crippen molar-refractivity contribution >= 4 is 35.2 Å². The van der Waals surface area contributed by atoms with E-state index in [-0.39, 0.29) is 10.7 Å². The van der Waals surface area contributed by atoms with Gasteiger partial charge in [0.1, 0.15) is 11.9 Å². The lowest BCUT2D eigenvalue weighted by atomic mass is 10.2. The number of halogens is 2. The number of hydrogen-bond acceptors (Lipinski definition) is 3. The van der Waals surface area contributed by atoms with Gasteiger partial charge in [-0.05, 0) is 18.2 Å². The molecule has 0 aliphatic carbocycles. The van der Waals surface area contributed by atoms with Crippen molar-refractivity contribution < 1.29 is 23.9 Å². The summed E-state index contributed by atoms with van der Waals surface area (Å²) in [5, 5.41) is 12.9. The summed E-state index contributed by atoms with van der Waals surface area (Å²) in [4.78, 5) is 33.0. The molecule has 7 nitrogen and oxygen atoms in total. The number of carboxylic acid groups (broad SMARTS) is 1. The number of urea groups is 1. The predicted molar refractivity (Wildman–Crippen MR) is 68.8 cm³/mol. The van der Waals surface area contributed by atoms with Crippen molar-refractivity contribution in [3.8, 4) is 0 Å². The fraction of sp³-hybridized carbons (Fsp3) is 0.182. The van der Waals surface area contributed by atoms with Crippen LogP contribution in [0.2, 0.25) is 5.02 Å². The summed E-state index contributed by atoms with van der Waals surface area (Å²) in [6.45, 7) is 0. The van der Waals surface area contributed by atoms with Gasteiger partial charge >= 0.3 is 12.0 Å². The highest BCUT2D eigenvalue weighted by Crippen LogP contribution is 2.18. The van der Waals surface area contributed by atoms with E-state index in [0.29, 0.717) is 0 Å². The molecular formula is C11H11ClFN3O4. The van der Waals surface area contributed by atoms with Crippen molar-refractivity contribution in [2.24, 2.45) is 5.73 Å². The lowest BCUT2D eigenvalue weighted by Gasteiger charge is -2.13. The number of nitrogens with two attached hydrogens (primary N) is 1. The van der Waals surface area contributed by atoms with Crippen LogP contribution >= 0.6 is 11.6 Å². The molecule has 0 unspecified atom stereocenters. The number of primary amides is 1. The lowest BCUT2D eigenvalue weighted by molar-refractivity contribution is -0.140. The zero-order valence-corrected chi connectivity index (χ0v) is 10.8. The van der Waals surface area contributed by atoms with Gasteiger partial charge in [-0.25, -0.2) is 14.0 Å². The van der Waals surface area contributed by atoms with E-state index in [1.807, 2.05) is 5.32 Å². The van der Waals surface area contributed by atoms with Crippen LogP contribution in [-0.4, -0.2) is 29.1 Å². The number of carbonyl (C=O) groups is 3. The molecule has 0 heterocycles. The van der Waals surface area contributed by atoms with Crippen LogP contribution in [0.5, 0.6) is 0 Å². The van der Waals surface area contributed by atoms with Crippen molar-refractivity contribution in [3.05, 3.63) is 29.0 Å². The molecule has 108 valence electrons. The van der Waals surface area contributed by atoms with Crippen LogP contribution in [0.15, 0.2) is 18.2 Å². The first-order valence-electron chi connectivity index (χ1n) is 5.33. The van der Waals surface area contributed by atoms with Gasteiger partial charge in [0, 0.05) is 5.69 Å². The Morgan fingerprint density at radius 3 is 2.55 bits per heavy atom. The van der Waals surface area contributed by atoms with Crippen LogP contribution in [0.4, 0.5) is 14.9 Å². The summed E-state index contributed by atoms with van der Waals surface area (Å²) < 4.78 is 13.1. The topological polar surface area (TPSA) is 122 Å². The Hall–Kier alpha value is -2.35. The fourth-order valence-corrected chi connectivity index (χ4v) is 1.42. The van der Waals surface area contributed by atoms with Gasteiger partial charge < -0.3 is 21.5 Å². The van der Waals surface area contributed by atoms with Gasteiger partial charge in [-0.15, -0.1) is 0 Å². The first-order chi connectivity index (χ1) is 9.29. The molecule has 0 aliphatic heterocycles. The molecule has 0 fully saturated rings. The molecule has 0 spiro atoms. The van der Waals surface area contributed by atoms with Crippen molar-refractivity contribution in [3.63, 3.8) is 0 Å². The van der Waals surface area contributed by atoms with Gasteiger partial charge in [-0.2, -0.15) is 0 Å². The molecule has 1 aromatic rings. The fourth-order valence-electron chi connectivity index (χ4n) is 1.30. The molecule has 0 saturated heterocycles. The number of aliphatic carboxylic acids is 1. The minimum atomic E-state index is -1.47. The molecular weight excluding hydrogens is 293 g/mol. The number of carbonyl (C=O) groups excluding carboxylic acids is 2. The number of benzene rings is 1. The Morgan fingerprint density at radius 2 is 2.05 bits per heavy atom. The molecule has 0 saturated carbocycles. The third-order valence-electron chi connectivity index (χ3n) is 2.19. The molecule has 1 rings (SSSR count). The minimum absolute atomic E-state index is 0.0765. The van der Waals surface area contributed by atoms with E-state index in [9.17, 15) is 18.8 Å². The third-order valence-corrected chi connectivity index (χ3v) is 2.49. The van der Waals surface area contributed by atoms with Gasteiger partial charge in [-0.1, -0.05) is 11.6 Å². The first kappa shape index (κ1) is 15.7. The van der Waals surface area contributed by atoms with Crippen molar-refractivity contribution in [1.29, 1.82) is 0 Å². The standard InChI is InChI=1S/C11H11ClFN3O4/c12-6-2-1-5(3-7(6)13)15-11(20)16-8(10(18)19)4-9(14)17/h1-3,8H,4H2,(H2,14,17)(H,18,19)(H2,15,16,20)/t8-/m1/s1. The second kappa shape index (κ2) is 6.71. The smallest absolute Gasteiger partial charge is 0.326 e. The first-order valence-corrected chi connectivity index (χ1v) is 5.71. The second-order valence-electron chi connectivity index (χ2n) is 3.79. The SMILES string of the molecule is NC(=O)C[C@@H](NC(=O)Nc1ccc(Cl)c(F)c1)C(=O)O. The minimum Gasteiger partial charge on any atom is -0.480 e. The molecule has 0 aromatic heterocycles. The maximum Gasteiger partial charge on any atom is 0.326 e.